The lowest BCUT2D eigenvalue weighted by Gasteiger charge is -2.11. The van der Waals surface area contributed by atoms with Gasteiger partial charge in [0.05, 0.1) is 17.2 Å². The Bertz CT molecular complexity index is 852. The molecule has 0 atom stereocenters. The van der Waals surface area contributed by atoms with Gasteiger partial charge in [0.2, 0.25) is 0 Å². The Hall–Kier alpha value is -2.55. The lowest BCUT2D eigenvalue weighted by atomic mass is 10.1. The Morgan fingerprint density at radius 1 is 1.28 bits per heavy atom. The second-order valence-electron chi connectivity index (χ2n) is 4.86. The number of ether oxygens (including phenoxy) is 2. The Labute approximate surface area is 154 Å². The van der Waals surface area contributed by atoms with Crippen molar-refractivity contribution < 1.29 is 18.7 Å². The van der Waals surface area contributed by atoms with E-state index in [2.05, 4.69) is 4.74 Å². The predicted octanol–water partition coefficient (Wildman–Crippen LogP) is 4.79. The van der Waals surface area contributed by atoms with Crippen LogP contribution in [0.2, 0.25) is 10.0 Å². The fourth-order valence-electron chi connectivity index (χ4n) is 1.98. The van der Waals surface area contributed by atoms with Crippen LogP contribution in [0.3, 0.4) is 0 Å². The van der Waals surface area contributed by atoms with Crippen molar-refractivity contribution in [2.24, 2.45) is 0 Å². The smallest absolute Gasteiger partial charge is 0.348 e. The van der Waals surface area contributed by atoms with E-state index in [4.69, 9.17) is 33.2 Å². The molecule has 25 heavy (non-hydrogen) atoms. The van der Waals surface area contributed by atoms with Gasteiger partial charge in [-0.25, -0.2) is 9.18 Å². The molecule has 0 radical (unpaired) electrons. The van der Waals surface area contributed by atoms with E-state index in [1.165, 1.54) is 31.4 Å². The number of hydrogen-bond acceptors (Lipinski definition) is 4. The number of rotatable bonds is 5. The maximum atomic E-state index is 13.6. The average Bonchev–Trinajstić information content (AvgIpc) is 2.59. The van der Waals surface area contributed by atoms with Crippen LogP contribution in [0.4, 0.5) is 4.39 Å². The van der Waals surface area contributed by atoms with E-state index >= 15 is 0 Å². The minimum absolute atomic E-state index is 0.0487. The van der Waals surface area contributed by atoms with Gasteiger partial charge in [0.1, 0.15) is 24.1 Å². The molecular weight excluding hydrogens is 368 g/mol. The maximum absolute atomic E-state index is 13.6. The molecule has 2 aromatic carbocycles. The van der Waals surface area contributed by atoms with Crippen LogP contribution in [0.25, 0.3) is 6.08 Å². The summed E-state index contributed by atoms with van der Waals surface area (Å²) in [6, 6.07) is 10.9. The maximum Gasteiger partial charge on any atom is 0.348 e. The molecule has 0 aliphatic heterocycles. The third kappa shape index (κ3) is 4.72. The first-order valence-corrected chi connectivity index (χ1v) is 7.77. The highest BCUT2D eigenvalue weighted by atomic mass is 35.5. The Kier molecular flexibility index (Phi) is 6.40. The highest BCUT2D eigenvalue weighted by Gasteiger charge is 2.13. The summed E-state index contributed by atoms with van der Waals surface area (Å²) in [5, 5.41) is 9.30. The van der Waals surface area contributed by atoms with Crippen LogP contribution in [-0.2, 0) is 16.1 Å². The molecule has 7 heteroatoms. The number of halogens is 3. The fourth-order valence-corrected chi connectivity index (χ4v) is 2.59. The van der Waals surface area contributed by atoms with Crippen molar-refractivity contribution in [2.75, 3.05) is 7.11 Å². The summed E-state index contributed by atoms with van der Waals surface area (Å²) < 4.78 is 23.6. The van der Waals surface area contributed by atoms with Crippen molar-refractivity contribution in [2.45, 2.75) is 6.61 Å². The zero-order valence-corrected chi connectivity index (χ0v) is 14.6. The Morgan fingerprint density at radius 3 is 2.48 bits per heavy atom. The third-order valence-electron chi connectivity index (χ3n) is 3.19. The number of carbonyl (C=O) groups excluding carboxylic acids is 1. The van der Waals surface area contributed by atoms with Gasteiger partial charge in [-0.05, 0) is 29.8 Å². The van der Waals surface area contributed by atoms with Crippen molar-refractivity contribution >= 4 is 35.2 Å². The molecule has 128 valence electrons. The van der Waals surface area contributed by atoms with Gasteiger partial charge in [-0.1, -0.05) is 41.4 Å². The molecule has 0 spiro atoms. The molecule has 2 aromatic rings. The number of esters is 1. The van der Waals surface area contributed by atoms with Gasteiger partial charge in [-0.3, -0.25) is 0 Å². The van der Waals surface area contributed by atoms with E-state index in [-0.39, 0.29) is 28.0 Å². The molecule has 0 saturated heterocycles. The molecule has 0 fully saturated rings. The third-order valence-corrected chi connectivity index (χ3v) is 3.75. The summed E-state index contributed by atoms with van der Waals surface area (Å²) in [5.74, 6) is -0.985. The van der Waals surface area contributed by atoms with Gasteiger partial charge in [-0.2, -0.15) is 5.26 Å². The number of hydrogen-bond donors (Lipinski definition) is 0. The van der Waals surface area contributed by atoms with E-state index in [0.717, 1.165) is 0 Å². The summed E-state index contributed by atoms with van der Waals surface area (Å²) in [4.78, 5) is 11.4. The monoisotopic (exact) mass is 379 g/mol. The van der Waals surface area contributed by atoms with E-state index in [9.17, 15) is 9.18 Å². The second-order valence-corrected chi connectivity index (χ2v) is 5.67. The zero-order valence-electron chi connectivity index (χ0n) is 13.1. The van der Waals surface area contributed by atoms with Gasteiger partial charge in [-0.15, -0.1) is 0 Å². The average molecular weight is 380 g/mol. The number of nitrogens with zero attached hydrogens (tertiary/aromatic N) is 1. The standard InChI is InChI=1S/C18H12Cl2FNO3/c1-24-18(23)13(9-22)6-11-7-14(19)17(15(20)8-11)25-10-12-4-2-3-5-16(12)21/h2-8H,10H2,1H3/b13-6+. The summed E-state index contributed by atoms with van der Waals surface area (Å²) in [6.07, 6.45) is 1.30. The Balaban J connectivity index is 2.26. The molecule has 0 amide bonds. The number of benzene rings is 2. The zero-order chi connectivity index (χ0) is 18.4. The lowest BCUT2D eigenvalue weighted by molar-refractivity contribution is -0.135. The van der Waals surface area contributed by atoms with Crippen molar-refractivity contribution in [3.8, 4) is 11.8 Å². The van der Waals surface area contributed by atoms with Crippen molar-refractivity contribution in [3.05, 3.63) is 69.0 Å². The summed E-state index contributed by atoms with van der Waals surface area (Å²) >= 11 is 12.3. The van der Waals surface area contributed by atoms with Gasteiger partial charge in [0, 0.05) is 5.56 Å². The topological polar surface area (TPSA) is 59.3 Å². The number of methoxy groups -OCH3 is 1. The molecule has 0 aliphatic carbocycles. The first kappa shape index (κ1) is 18.8. The molecule has 4 nitrogen and oxygen atoms in total. The van der Waals surface area contributed by atoms with E-state index in [1.54, 1.807) is 24.3 Å². The Morgan fingerprint density at radius 2 is 1.92 bits per heavy atom. The number of carbonyl (C=O) groups is 1. The van der Waals surface area contributed by atoms with Gasteiger partial charge in [0.15, 0.2) is 5.75 Å². The molecule has 2 rings (SSSR count). The van der Waals surface area contributed by atoms with E-state index in [0.29, 0.717) is 11.1 Å². The van der Waals surface area contributed by atoms with Crippen LogP contribution in [0, 0.1) is 17.1 Å². The summed E-state index contributed by atoms with van der Waals surface area (Å²) in [7, 11) is 1.17. The fraction of sp³-hybridized carbons (Fsp3) is 0.111. The van der Waals surface area contributed by atoms with Gasteiger partial charge >= 0.3 is 5.97 Å². The van der Waals surface area contributed by atoms with E-state index < -0.39 is 11.8 Å². The van der Waals surface area contributed by atoms with Crippen molar-refractivity contribution in [1.29, 1.82) is 5.26 Å². The molecule has 0 bridgehead atoms. The van der Waals surface area contributed by atoms with Crippen LogP contribution in [0.1, 0.15) is 11.1 Å². The van der Waals surface area contributed by atoms with Crippen molar-refractivity contribution in [3.63, 3.8) is 0 Å². The minimum Gasteiger partial charge on any atom is -0.486 e. The van der Waals surface area contributed by atoms with Crippen molar-refractivity contribution in [1.82, 2.24) is 0 Å². The highest BCUT2D eigenvalue weighted by molar-refractivity contribution is 6.37. The molecule has 0 heterocycles. The summed E-state index contributed by atoms with van der Waals surface area (Å²) in [6.45, 7) is -0.0487. The summed E-state index contributed by atoms with van der Waals surface area (Å²) in [5.41, 5.74) is 0.584. The predicted molar refractivity (Wildman–Crippen MR) is 92.8 cm³/mol. The first-order valence-electron chi connectivity index (χ1n) is 7.01. The largest absolute Gasteiger partial charge is 0.486 e. The molecule has 0 unspecified atom stereocenters. The van der Waals surface area contributed by atoms with Gasteiger partial charge < -0.3 is 9.47 Å². The van der Waals surface area contributed by atoms with Crippen LogP contribution >= 0.6 is 23.2 Å². The normalized spacial score (nSPS) is 10.9. The molecule has 0 saturated carbocycles. The van der Waals surface area contributed by atoms with Crippen LogP contribution in [0.5, 0.6) is 5.75 Å². The second kappa shape index (κ2) is 8.52. The minimum atomic E-state index is -0.769. The lowest BCUT2D eigenvalue weighted by Crippen LogP contribution is -2.02. The van der Waals surface area contributed by atoms with E-state index in [1.807, 2.05) is 0 Å². The first-order chi connectivity index (χ1) is 12.0. The SMILES string of the molecule is COC(=O)/C(C#N)=C/c1cc(Cl)c(OCc2ccccc2F)c(Cl)c1. The molecule has 0 aliphatic rings. The number of nitriles is 1. The van der Waals surface area contributed by atoms with Crippen LogP contribution < -0.4 is 4.74 Å². The quantitative estimate of drug-likeness (QED) is 0.425. The van der Waals surface area contributed by atoms with Crippen LogP contribution in [0.15, 0.2) is 42.0 Å². The van der Waals surface area contributed by atoms with Gasteiger partial charge in [0.25, 0.3) is 0 Å². The molecular formula is C18H12Cl2FNO3. The van der Waals surface area contributed by atoms with Crippen LogP contribution in [-0.4, -0.2) is 13.1 Å². The molecule has 0 aromatic heterocycles. The highest BCUT2D eigenvalue weighted by Crippen LogP contribution is 2.35. The molecule has 0 N–H and O–H groups in total.